The number of aryl methyl sites for hydroxylation is 1. The predicted octanol–water partition coefficient (Wildman–Crippen LogP) is 2.26. The topological polar surface area (TPSA) is 67.2 Å². The lowest BCUT2D eigenvalue weighted by molar-refractivity contribution is 0.112. The van der Waals surface area contributed by atoms with Crippen molar-refractivity contribution in [3.63, 3.8) is 0 Å². The molecule has 0 unspecified atom stereocenters. The third-order valence-corrected chi connectivity index (χ3v) is 5.38. The number of likely N-dealkylation sites (N-methyl/N-ethyl adjacent to an activating group) is 1. The van der Waals surface area contributed by atoms with Gasteiger partial charge in [-0.3, -0.25) is 9.59 Å². The first-order chi connectivity index (χ1) is 12.0. The Morgan fingerprint density at radius 1 is 1.24 bits per heavy atom. The van der Waals surface area contributed by atoms with Crippen molar-refractivity contribution in [2.45, 2.75) is 18.4 Å². The number of rotatable bonds is 4. The molecule has 25 heavy (non-hydrogen) atoms. The van der Waals surface area contributed by atoms with Crippen molar-refractivity contribution in [2.24, 2.45) is 7.05 Å². The van der Waals surface area contributed by atoms with Crippen LogP contribution in [0.3, 0.4) is 0 Å². The van der Waals surface area contributed by atoms with E-state index in [4.69, 9.17) is 0 Å². The van der Waals surface area contributed by atoms with Crippen LogP contribution in [0.5, 0.6) is 0 Å². The summed E-state index contributed by atoms with van der Waals surface area (Å²) < 4.78 is 1.81. The molecule has 132 valence electrons. The summed E-state index contributed by atoms with van der Waals surface area (Å²) in [5.41, 5.74) is 2.48. The maximum atomic E-state index is 12.0. The molecule has 0 amide bonds. The molecule has 0 bridgehead atoms. The molecule has 1 fully saturated rings. The monoisotopic (exact) mass is 404 g/mol. The largest absolute Gasteiger partial charge is 0.379 e. The molecule has 1 aliphatic heterocycles. The Hall–Kier alpha value is -1.99. The van der Waals surface area contributed by atoms with Crippen LogP contribution < -0.4 is 10.9 Å². The third-order valence-electron chi connectivity index (χ3n) is 4.61. The molecule has 2 heterocycles. The highest BCUT2D eigenvalue weighted by Gasteiger charge is 2.27. The molecule has 1 aliphatic rings. The van der Waals surface area contributed by atoms with E-state index in [2.05, 4.69) is 38.3 Å². The van der Waals surface area contributed by atoms with Crippen LogP contribution in [0.1, 0.15) is 28.3 Å². The van der Waals surface area contributed by atoms with E-state index >= 15 is 0 Å². The van der Waals surface area contributed by atoms with Crippen molar-refractivity contribution in [1.29, 1.82) is 0 Å². The number of carbonyl (C=O) groups is 1. The maximum absolute atomic E-state index is 12.0. The average molecular weight is 405 g/mol. The highest BCUT2D eigenvalue weighted by Crippen LogP contribution is 2.29. The van der Waals surface area contributed by atoms with Gasteiger partial charge in [0.1, 0.15) is 10.8 Å². The summed E-state index contributed by atoms with van der Waals surface area (Å²) in [5, 5.41) is 7.53. The summed E-state index contributed by atoms with van der Waals surface area (Å²) >= 11 is 3.37. The SMILES string of the molecule is CN1C[C@H](Nc2cnn(C)c(=O)c2Br)C[C@H](c2ccc(C=O)cc2)C1. The molecule has 0 spiro atoms. The second-order valence-corrected chi connectivity index (χ2v) is 7.37. The van der Waals surface area contributed by atoms with Crippen LogP contribution in [0.4, 0.5) is 5.69 Å². The lowest BCUT2D eigenvalue weighted by atomic mass is 9.88. The van der Waals surface area contributed by atoms with E-state index in [-0.39, 0.29) is 11.6 Å². The van der Waals surface area contributed by atoms with Gasteiger partial charge in [0.25, 0.3) is 5.56 Å². The molecular formula is C18H21BrN4O2. The number of aldehydes is 1. The summed E-state index contributed by atoms with van der Waals surface area (Å²) in [6, 6.07) is 7.99. The number of anilines is 1. The fourth-order valence-electron chi connectivity index (χ4n) is 3.34. The zero-order valence-electron chi connectivity index (χ0n) is 14.3. The van der Waals surface area contributed by atoms with Crippen LogP contribution in [0, 0.1) is 0 Å². The van der Waals surface area contributed by atoms with E-state index < -0.39 is 0 Å². The molecule has 3 rings (SSSR count). The summed E-state index contributed by atoms with van der Waals surface area (Å²) in [6.07, 6.45) is 3.49. The lowest BCUT2D eigenvalue weighted by Gasteiger charge is -2.36. The van der Waals surface area contributed by atoms with Crippen molar-refractivity contribution in [3.8, 4) is 0 Å². The van der Waals surface area contributed by atoms with Crippen molar-refractivity contribution in [3.05, 3.63) is 56.4 Å². The quantitative estimate of drug-likeness (QED) is 0.791. The lowest BCUT2D eigenvalue weighted by Crippen LogP contribution is -2.43. The third kappa shape index (κ3) is 3.99. The van der Waals surface area contributed by atoms with Gasteiger partial charge in [-0.25, -0.2) is 4.68 Å². The van der Waals surface area contributed by atoms with Crippen LogP contribution in [-0.4, -0.2) is 47.1 Å². The Bertz CT molecular complexity index is 819. The van der Waals surface area contributed by atoms with E-state index in [9.17, 15) is 9.59 Å². The van der Waals surface area contributed by atoms with Crippen LogP contribution in [0.15, 0.2) is 39.7 Å². The number of hydrogen-bond acceptors (Lipinski definition) is 5. The first kappa shape index (κ1) is 17.8. The number of nitrogens with one attached hydrogen (secondary N) is 1. The fourth-order valence-corrected chi connectivity index (χ4v) is 3.82. The molecular weight excluding hydrogens is 384 g/mol. The van der Waals surface area contributed by atoms with Crippen molar-refractivity contribution >= 4 is 27.9 Å². The normalized spacial score (nSPS) is 21.1. The van der Waals surface area contributed by atoms with E-state index in [1.807, 2.05) is 24.3 Å². The first-order valence-electron chi connectivity index (χ1n) is 8.20. The van der Waals surface area contributed by atoms with E-state index in [0.717, 1.165) is 31.5 Å². The maximum Gasteiger partial charge on any atom is 0.282 e. The summed E-state index contributed by atoms with van der Waals surface area (Å²) in [5.74, 6) is 0.371. The first-order valence-corrected chi connectivity index (χ1v) is 8.99. The highest BCUT2D eigenvalue weighted by atomic mass is 79.9. The van der Waals surface area contributed by atoms with Gasteiger partial charge in [0.05, 0.1) is 11.9 Å². The Morgan fingerprint density at radius 3 is 2.64 bits per heavy atom. The molecule has 6 nitrogen and oxygen atoms in total. The fraction of sp³-hybridized carbons (Fsp3) is 0.389. The molecule has 1 N–H and O–H groups in total. The number of likely N-dealkylation sites (tertiary alicyclic amines) is 1. The molecule has 0 radical (unpaired) electrons. The van der Waals surface area contributed by atoms with Crippen molar-refractivity contribution < 1.29 is 4.79 Å². The van der Waals surface area contributed by atoms with Gasteiger partial charge in [-0.2, -0.15) is 5.10 Å². The minimum Gasteiger partial charge on any atom is -0.379 e. The van der Waals surface area contributed by atoms with Gasteiger partial charge in [0, 0.05) is 31.7 Å². The zero-order chi connectivity index (χ0) is 18.0. The predicted molar refractivity (Wildman–Crippen MR) is 101 cm³/mol. The van der Waals surface area contributed by atoms with Crippen LogP contribution in [-0.2, 0) is 7.05 Å². The van der Waals surface area contributed by atoms with Crippen LogP contribution >= 0.6 is 15.9 Å². The van der Waals surface area contributed by atoms with Crippen molar-refractivity contribution in [2.75, 3.05) is 25.5 Å². The number of piperidine rings is 1. The molecule has 2 atom stereocenters. The summed E-state index contributed by atoms with van der Waals surface area (Å²) in [7, 11) is 3.72. The van der Waals surface area contributed by atoms with Gasteiger partial charge in [-0.1, -0.05) is 24.3 Å². The van der Waals surface area contributed by atoms with Crippen LogP contribution in [0.2, 0.25) is 0 Å². The van der Waals surface area contributed by atoms with Gasteiger partial charge in [0.2, 0.25) is 0 Å². The Kier molecular flexibility index (Phi) is 5.34. The van der Waals surface area contributed by atoms with E-state index in [1.165, 1.54) is 10.2 Å². The van der Waals surface area contributed by atoms with Gasteiger partial charge < -0.3 is 10.2 Å². The highest BCUT2D eigenvalue weighted by molar-refractivity contribution is 9.10. The second kappa shape index (κ2) is 7.49. The average Bonchev–Trinajstić information content (AvgIpc) is 2.62. The molecule has 7 heteroatoms. The molecule has 1 saturated heterocycles. The molecule has 0 saturated carbocycles. The number of halogens is 1. The minimum atomic E-state index is -0.157. The molecule has 0 aliphatic carbocycles. The molecule has 1 aromatic heterocycles. The standard InChI is InChI=1S/C18H21BrN4O2/c1-22-9-14(13-5-3-12(11-24)4-6-13)7-15(10-22)21-16-8-20-23(2)18(25)17(16)19/h3-6,8,11,14-15,21H,7,9-10H2,1-2H3/t14-,15+/m0/s1. The molecule has 1 aromatic carbocycles. The minimum absolute atomic E-state index is 0.157. The Balaban J connectivity index is 1.77. The number of hydrogen-bond donors (Lipinski definition) is 1. The van der Waals surface area contributed by atoms with Crippen molar-refractivity contribution in [1.82, 2.24) is 14.7 Å². The van der Waals surface area contributed by atoms with E-state index in [0.29, 0.717) is 16.0 Å². The van der Waals surface area contributed by atoms with Gasteiger partial charge >= 0.3 is 0 Å². The smallest absolute Gasteiger partial charge is 0.282 e. The zero-order valence-corrected chi connectivity index (χ0v) is 15.9. The Labute approximate surface area is 155 Å². The number of benzene rings is 1. The number of nitrogens with zero attached hydrogens (tertiary/aromatic N) is 3. The Morgan fingerprint density at radius 2 is 1.96 bits per heavy atom. The van der Waals surface area contributed by atoms with Gasteiger partial charge in [0.15, 0.2) is 0 Å². The van der Waals surface area contributed by atoms with Crippen LogP contribution in [0.25, 0.3) is 0 Å². The summed E-state index contributed by atoms with van der Waals surface area (Å²) in [4.78, 5) is 25.1. The number of carbonyl (C=O) groups excluding carboxylic acids is 1. The van der Waals surface area contributed by atoms with Gasteiger partial charge in [-0.05, 0) is 40.9 Å². The molecule has 2 aromatic rings. The van der Waals surface area contributed by atoms with E-state index in [1.54, 1.807) is 13.2 Å². The number of aromatic nitrogens is 2. The summed E-state index contributed by atoms with van der Waals surface area (Å²) in [6.45, 7) is 1.86. The second-order valence-electron chi connectivity index (χ2n) is 6.58. The van der Waals surface area contributed by atoms with Gasteiger partial charge in [-0.15, -0.1) is 0 Å².